The molecule has 0 aliphatic heterocycles. The zero-order chi connectivity index (χ0) is 14.0. The third-order valence-corrected chi connectivity index (χ3v) is 3.11. The predicted octanol–water partition coefficient (Wildman–Crippen LogP) is 2.80. The SMILES string of the molecule is COc1ccc(N(C)c2nc(C)nc(N)c2Cl)cc1. The summed E-state index contributed by atoms with van der Waals surface area (Å²) in [6, 6.07) is 7.58. The van der Waals surface area contributed by atoms with E-state index in [-0.39, 0.29) is 5.82 Å². The Morgan fingerprint density at radius 1 is 1.21 bits per heavy atom. The van der Waals surface area contributed by atoms with Gasteiger partial charge in [0.2, 0.25) is 0 Å². The van der Waals surface area contributed by atoms with E-state index in [1.807, 2.05) is 36.2 Å². The van der Waals surface area contributed by atoms with Gasteiger partial charge in [-0.25, -0.2) is 9.97 Å². The highest BCUT2D eigenvalue weighted by Crippen LogP contribution is 2.32. The Balaban J connectivity index is 2.40. The van der Waals surface area contributed by atoms with Crippen molar-refractivity contribution in [1.29, 1.82) is 0 Å². The highest BCUT2D eigenvalue weighted by molar-refractivity contribution is 6.35. The number of nitrogens with zero attached hydrogens (tertiary/aromatic N) is 3. The number of hydrogen-bond acceptors (Lipinski definition) is 5. The van der Waals surface area contributed by atoms with Crippen LogP contribution in [0.15, 0.2) is 24.3 Å². The van der Waals surface area contributed by atoms with Gasteiger partial charge in [-0.05, 0) is 31.2 Å². The number of nitrogens with two attached hydrogens (primary N) is 1. The first-order valence-corrected chi connectivity index (χ1v) is 6.08. The van der Waals surface area contributed by atoms with Crippen LogP contribution in [-0.2, 0) is 0 Å². The predicted molar refractivity (Wildman–Crippen MR) is 77.2 cm³/mol. The summed E-state index contributed by atoms with van der Waals surface area (Å²) >= 11 is 6.15. The van der Waals surface area contributed by atoms with Crippen LogP contribution in [0.4, 0.5) is 17.3 Å². The number of rotatable bonds is 3. The molecule has 0 saturated carbocycles. The Morgan fingerprint density at radius 2 is 1.84 bits per heavy atom. The lowest BCUT2D eigenvalue weighted by Crippen LogP contribution is -2.14. The van der Waals surface area contributed by atoms with E-state index >= 15 is 0 Å². The van der Waals surface area contributed by atoms with Crippen LogP contribution in [0.2, 0.25) is 5.02 Å². The molecule has 0 radical (unpaired) electrons. The van der Waals surface area contributed by atoms with Gasteiger partial charge in [-0.15, -0.1) is 0 Å². The summed E-state index contributed by atoms with van der Waals surface area (Å²) in [5.41, 5.74) is 6.68. The molecule has 5 nitrogen and oxygen atoms in total. The van der Waals surface area contributed by atoms with E-state index in [2.05, 4.69) is 9.97 Å². The summed E-state index contributed by atoms with van der Waals surface area (Å²) < 4.78 is 5.13. The van der Waals surface area contributed by atoms with E-state index in [0.29, 0.717) is 16.7 Å². The van der Waals surface area contributed by atoms with Crippen molar-refractivity contribution in [2.24, 2.45) is 0 Å². The average Bonchev–Trinajstić information content (AvgIpc) is 2.42. The molecule has 0 unspecified atom stereocenters. The van der Waals surface area contributed by atoms with Crippen molar-refractivity contribution in [3.05, 3.63) is 35.1 Å². The second kappa shape index (κ2) is 5.32. The van der Waals surface area contributed by atoms with Crippen molar-refractivity contribution in [1.82, 2.24) is 9.97 Å². The third kappa shape index (κ3) is 2.71. The minimum absolute atomic E-state index is 0.282. The van der Waals surface area contributed by atoms with Gasteiger partial charge in [0.25, 0.3) is 0 Å². The number of benzene rings is 1. The maximum atomic E-state index is 6.15. The lowest BCUT2D eigenvalue weighted by molar-refractivity contribution is 0.415. The van der Waals surface area contributed by atoms with Gasteiger partial charge in [0.05, 0.1) is 7.11 Å². The summed E-state index contributed by atoms with van der Waals surface area (Å²) in [5, 5.41) is 0.351. The molecule has 6 heteroatoms. The second-order valence-electron chi connectivity index (χ2n) is 4.05. The van der Waals surface area contributed by atoms with E-state index in [1.165, 1.54) is 0 Å². The Bertz CT molecular complexity index is 586. The number of anilines is 3. The quantitative estimate of drug-likeness (QED) is 0.935. The van der Waals surface area contributed by atoms with Crippen molar-refractivity contribution in [2.75, 3.05) is 24.8 Å². The standard InChI is InChI=1S/C13H15ClN4O/c1-8-16-12(15)11(14)13(17-8)18(2)9-4-6-10(19-3)7-5-9/h4-7H,1-3H3,(H2,15,16,17). The fraction of sp³-hybridized carbons (Fsp3) is 0.231. The lowest BCUT2D eigenvalue weighted by atomic mass is 10.3. The van der Waals surface area contributed by atoms with Crippen molar-refractivity contribution in [2.45, 2.75) is 6.92 Å². The van der Waals surface area contributed by atoms with Crippen molar-refractivity contribution in [3.63, 3.8) is 0 Å². The van der Waals surface area contributed by atoms with Crippen LogP contribution >= 0.6 is 11.6 Å². The maximum absolute atomic E-state index is 6.15. The van der Waals surface area contributed by atoms with Gasteiger partial charge < -0.3 is 15.4 Å². The number of aryl methyl sites for hydroxylation is 1. The first-order valence-electron chi connectivity index (χ1n) is 5.70. The summed E-state index contributed by atoms with van der Waals surface area (Å²) in [5.74, 6) is 2.24. The van der Waals surface area contributed by atoms with E-state index in [4.69, 9.17) is 22.1 Å². The number of aromatic nitrogens is 2. The molecule has 0 aliphatic rings. The zero-order valence-corrected chi connectivity index (χ0v) is 11.8. The lowest BCUT2D eigenvalue weighted by Gasteiger charge is -2.20. The maximum Gasteiger partial charge on any atom is 0.157 e. The number of methoxy groups -OCH3 is 1. The molecular formula is C13H15ClN4O. The summed E-state index contributed by atoms with van der Waals surface area (Å²) in [6.45, 7) is 1.78. The zero-order valence-electron chi connectivity index (χ0n) is 11.0. The Morgan fingerprint density at radius 3 is 2.42 bits per heavy atom. The number of nitrogen functional groups attached to an aromatic ring is 1. The third-order valence-electron chi connectivity index (χ3n) is 2.75. The molecule has 1 aromatic carbocycles. The Hall–Kier alpha value is -2.01. The van der Waals surface area contributed by atoms with Gasteiger partial charge >= 0.3 is 0 Å². The molecule has 2 aromatic rings. The highest BCUT2D eigenvalue weighted by Gasteiger charge is 2.14. The first kappa shape index (κ1) is 13.4. The van der Waals surface area contributed by atoms with Crippen LogP contribution < -0.4 is 15.4 Å². The van der Waals surface area contributed by atoms with E-state index in [1.54, 1.807) is 14.0 Å². The minimum atomic E-state index is 0.282. The monoisotopic (exact) mass is 278 g/mol. The molecular weight excluding hydrogens is 264 g/mol. The van der Waals surface area contributed by atoms with Crippen LogP contribution in [-0.4, -0.2) is 24.1 Å². The van der Waals surface area contributed by atoms with Crippen LogP contribution in [0.25, 0.3) is 0 Å². The molecule has 2 N–H and O–H groups in total. The number of ether oxygens (including phenoxy) is 1. The minimum Gasteiger partial charge on any atom is -0.497 e. The molecule has 0 atom stereocenters. The Kier molecular flexibility index (Phi) is 3.76. The smallest absolute Gasteiger partial charge is 0.157 e. The fourth-order valence-electron chi connectivity index (χ4n) is 1.72. The van der Waals surface area contributed by atoms with Gasteiger partial charge in [-0.2, -0.15) is 0 Å². The summed E-state index contributed by atoms with van der Waals surface area (Å²) in [6.07, 6.45) is 0. The van der Waals surface area contributed by atoms with Gasteiger partial charge in [-0.3, -0.25) is 0 Å². The molecule has 0 saturated heterocycles. The van der Waals surface area contributed by atoms with Crippen LogP contribution in [0.5, 0.6) is 5.75 Å². The molecule has 0 fully saturated rings. The fourth-order valence-corrected chi connectivity index (χ4v) is 1.93. The van der Waals surface area contributed by atoms with Crippen LogP contribution in [0.3, 0.4) is 0 Å². The summed E-state index contributed by atoms with van der Waals surface area (Å²) in [4.78, 5) is 10.2. The second-order valence-corrected chi connectivity index (χ2v) is 4.43. The molecule has 1 aromatic heterocycles. The van der Waals surface area contributed by atoms with E-state index in [0.717, 1.165) is 11.4 Å². The van der Waals surface area contributed by atoms with E-state index < -0.39 is 0 Å². The number of halogens is 1. The molecule has 0 spiro atoms. The first-order chi connectivity index (χ1) is 9.02. The van der Waals surface area contributed by atoms with Crippen molar-refractivity contribution >= 4 is 28.9 Å². The van der Waals surface area contributed by atoms with E-state index in [9.17, 15) is 0 Å². The normalized spacial score (nSPS) is 10.3. The van der Waals surface area contributed by atoms with Crippen LogP contribution in [0, 0.1) is 6.92 Å². The van der Waals surface area contributed by atoms with Gasteiger partial charge in [0, 0.05) is 12.7 Å². The summed E-state index contributed by atoms with van der Waals surface area (Å²) in [7, 11) is 3.50. The largest absolute Gasteiger partial charge is 0.497 e. The average molecular weight is 279 g/mol. The van der Waals surface area contributed by atoms with Crippen molar-refractivity contribution in [3.8, 4) is 5.75 Å². The molecule has 0 aliphatic carbocycles. The molecule has 1 heterocycles. The van der Waals surface area contributed by atoms with Crippen molar-refractivity contribution < 1.29 is 4.74 Å². The molecule has 100 valence electrons. The van der Waals surface area contributed by atoms with Gasteiger partial charge in [0.15, 0.2) is 5.82 Å². The highest BCUT2D eigenvalue weighted by atomic mass is 35.5. The topological polar surface area (TPSA) is 64.3 Å². The van der Waals surface area contributed by atoms with Crippen LogP contribution in [0.1, 0.15) is 5.82 Å². The van der Waals surface area contributed by atoms with Gasteiger partial charge in [0.1, 0.15) is 22.4 Å². The number of hydrogen-bond donors (Lipinski definition) is 1. The molecule has 19 heavy (non-hydrogen) atoms. The molecule has 0 amide bonds. The molecule has 2 rings (SSSR count). The Labute approximate surface area is 117 Å². The molecule has 0 bridgehead atoms. The van der Waals surface area contributed by atoms with Gasteiger partial charge in [-0.1, -0.05) is 11.6 Å².